The van der Waals surface area contributed by atoms with Gasteiger partial charge in [-0.2, -0.15) is 0 Å². The molecule has 0 fully saturated rings. The van der Waals surface area contributed by atoms with E-state index in [-0.39, 0.29) is 0 Å². The summed E-state index contributed by atoms with van der Waals surface area (Å²) in [5.41, 5.74) is 2.99. The SMILES string of the molecule is COc1ccc(C)cc1/C=C/C(=O)Oc1cccc(C)c1. The zero-order valence-electron chi connectivity index (χ0n) is 12.4. The van der Waals surface area contributed by atoms with Gasteiger partial charge in [0.1, 0.15) is 11.5 Å². The zero-order chi connectivity index (χ0) is 15.2. The molecule has 0 amide bonds. The highest BCUT2D eigenvalue weighted by molar-refractivity contribution is 5.89. The largest absolute Gasteiger partial charge is 0.496 e. The maximum atomic E-state index is 11.8. The summed E-state index contributed by atoms with van der Waals surface area (Å²) in [7, 11) is 1.60. The number of methoxy groups -OCH3 is 1. The summed E-state index contributed by atoms with van der Waals surface area (Å²) in [4.78, 5) is 11.8. The van der Waals surface area contributed by atoms with E-state index in [1.54, 1.807) is 19.3 Å². The third-order valence-corrected chi connectivity index (χ3v) is 2.99. The third kappa shape index (κ3) is 4.21. The minimum absolute atomic E-state index is 0.413. The molecule has 0 unspecified atom stereocenters. The number of ether oxygens (including phenoxy) is 2. The second-order valence-corrected chi connectivity index (χ2v) is 4.82. The molecule has 0 saturated heterocycles. The molecule has 108 valence electrons. The molecule has 0 bridgehead atoms. The zero-order valence-corrected chi connectivity index (χ0v) is 12.4. The van der Waals surface area contributed by atoms with Gasteiger partial charge in [0.25, 0.3) is 0 Å². The summed E-state index contributed by atoms with van der Waals surface area (Å²) < 4.78 is 10.5. The van der Waals surface area contributed by atoms with Gasteiger partial charge in [0.15, 0.2) is 0 Å². The number of carbonyl (C=O) groups excluding carboxylic acids is 1. The highest BCUT2D eigenvalue weighted by Gasteiger charge is 2.03. The smallest absolute Gasteiger partial charge is 0.336 e. The third-order valence-electron chi connectivity index (χ3n) is 2.99. The molecular weight excluding hydrogens is 264 g/mol. The molecule has 0 spiro atoms. The van der Waals surface area contributed by atoms with Crippen molar-refractivity contribution >= 4 is 12.0 Å². The Kier molecular flexibility index (Phi) is 4.77. The Balaban J connectivity index is 2.10. The van der Waals surface area contributed by atoms with E-state index >= 15 is 0 Å². The molecule has 3 nitrogen and oxygen atoms in total. The number of aryl methyl sites for hydroxylation is 2. The highest BCUT2D eigenvalue weighted by Crippen LogP contribution is 2.21. The first-order chi connectivity index (χ1) is 10.1. The van der Waals surface area contributed by atoms with E-state index in [0.29, 0.717) is 5.75 Å². The first-order valence-electron chi connectivity index (χ1n) is 6.69. The van der Waals surface area contributed by atoms with Crippen molar-refractivity contribution in [3.8, 4) is 11.5 Å². The van der Waals surface area contributed by atoms with E-state index in [0.717, 1.165) is 22.4 Å². The Morgan fingerprint density at radius 2 is 1.81 bits per heavy atom. The van der Waals surface area contributed by atoms with Crippen LogP contribution in [0, 0.1) is 13.8 Å². The second kappa shape index (κ2) is 6.75. The molecule has 0 aliphatic carbocycles. The molecule has 2 aromatic carbocycles. The van der Waals surface area contributed by atoms with Crippen molar-refractivity contribution in [2.75, 3.05) is 7.11 Å². The van der Waals surface area contributed by atoms with Gasteiger partial charge in [-0.05, 0) is 49.8 Å². The van der Waals surface area contributed by atoms with Crippen molar-refractivity contribution < 1.29 is 14.3 Å². The fourth-order valence-corrected chi connectivity index (χ4v) is 1.97. The lowest BCUT2D eigenvalue weighted by Gasteiger charge is -2.05. The molecule has 0 aromatic heterocycles. The molecule has 0 N–H and O–H groups in total. The van der Waals surface area contributed by atoms with Crippen LogP contribution in [0.2, 0.25) is 0 Å². The summed E-state index contributed by atoms with van der Waals surface area (Å²) in [6.45, 7) is 3.94. The monoisotopic (exact) mass is 282 g/mol. The molecular formula is C18H18O3. The predicted octanol–water partition coefficient (Wildman–Crippen LogP) is 3.93. The maximum Gasteiger partial charge on any atom is 0.336 e. The van der Waals surface area contributed by atoms with Crippen LogP contribution >= 0.6 is 0 Å². The molecule has 0 aliphatic heterocycles. The van der Waals surface area contributed by atoms with Crippen LogP contribution in [0.15, 0.2) is 48.5 Å². The number of hydrogen-bond donors (Lipinski definition) is 0. The molecule has 0 heterocycles. The van der Waals surface area contributed by atoms with Gasteiger partial charge in [-0.15, -0.1) is 0 Å². The number of hydrogen-bond acceptors (Lipinski definition) is 3. The lowest BCUT2D eigenvalue weighted by atomic mass is 10.1. The Labute approximate surface area is 124 Å². The normalized spacial score (nSPS) is 10.6. The lowest BCUT2D eigenvalue weighted by Crippen LogP contribution is -2.03. The first-order valence-corrected chi connectivity index (χ1v) is 6.69. The van der Waals surface area contributed by atoms with Crippen molar-refractivity contribution in [1.82, 2.24) is 0 Å². The van der Waals surface area contributed by atoms with Crippen LogP contribution in [0.4, 0.5) is 0 Å². The van der Waals surface area contributed by atoms with Crippen LogP contribution in [0.5, 0.6) is 11.5 Å². The van der Waals surface area contributed by atoms with E-state index in [1.807, 2.05) is 50.2 Å². The van der Waals surface area contributed by atoms with Gasteiger partial charge in [0.05, 0.1) is 7.11 Å². The fourth-order valence-electron chi connectivity index (χ4n) is 1.97. The Hall–Kier alpha value is -2.55. The summed E-state index contributed by atoms with van der Waals surface area (Å²) >= 11 is 0. The summed E-state index contributed by atoms with van der Waals surface area (Å²) in [5, 5.41) is 0. The summed E-state index contributed by atoms with van der Waals surface area (Å²) in [6.07, 6.45) is 3.10. The maximum absolute atomic E-state index is 11.8. The molecule has 3 heteroatoms. The quantitative estimate of drug-likeness (QED) is 0.484. The Morgan fingerprint density at radius 1 is 1.05 bits per heavy atom. The number of carbonyl (C=O) groups is 1. The molecule has 0 atom stereocenters. The molecule has 0 radical (unpaired) electrons. The van der Waals surface area contributed by atoms with Crippen molar-refractivity contribution in [2.45, 2.75) is 13.8 Å². The van der Waals surface area contributed by atoms with Crippen LogP contribution in [0.25, 0.3) is 6.08 Å². The van der Waals surface area contributed by atoms with E-state index < -0.39 is 5.97 Å². The van der Waals surface area contributed by atoms with Crippen LogP contribution in [0.3, 0.4) is 0 Å². The van der Waals surface area contributed by atoms with E-state index in [1.165, 1.54) is 6.08 Å². The molecule has 2 rings (SSSR count). The molecule has 2 aromatic rings. The van der Waals surface area contributed by atoms with Gasteiger partial charge in [-0.3, -0.25) is 0 Å². The minimum Gasteiger partial charge on any atom is -0.496 e. The van der Waals surface area contributed by atoms with Crippen LogP contribution in [-0.4, -0.2) is 13.1 Å². The number of esters is 1. The first kappa shape index (κ1) is 14.9. The van der Waals surface area contributed by atoms with Gasteiger partial charge < -0.3 is 9.47 Å². The van der Waals surface area contributed by atoms with E-state index in [9.17, 15) is 4.79 Å². The fraction of sp³-hybridized carbons (Fsp3) is 0.167. The number of rotatable bonds is 4. The van der Waals surface area contributed by atoms with Gasteiger partial charge in [-0.1, -0.05) is 23.8 Å². The molecule has 0 saturated carbocycles. The van der Waals surface area contributed by atoms with Gasteiger partial charge >= 0.3 is 5.97 Å². The Bertz CT molecular complexity index is 672. The van der Waals surface area contributed by atoms with Crippen LogP contribution in [-0.2, 0) is 4.79 Å². The van der Waals surface area contributed by atoms with Crippen molar-refractivity contribution in [3.63, 3.8) is 0 Å². The van der Waals surface area contributed by atoms with Crippen LogP contribution in [0.1, 0.15) is 16.7 Å². The van der Waals surface area contributed by atoms with Crippen LogP contribution < -0.4 is 9.47 Å². The number of benzene rings is 2. The summed E-state index contributed by atoms with van der Waals surface area (Å²) in [5.74, 6) is 0.852. The van der Waals surface area contributed by atoms with Crippen molar-refractivity contribution in [2.24, 2.45) is 0 Å². The van der Waals surface area contributed by atoms with E-state index in [2.05, 4.69) is 0 Å². The van der Waals surface area contributed by atoms with Gasteiger partial charge in [-0.25, -0.2) is 4.79 Å². The summed E-state index contributed by atoms with van der Waals surface area (Å²) in [6, 6.07) is 13.2. The Morgan fingerprint density at radius 3 is 2.52 bits per heavy atom. The second-order valence-electron chi connectivity index (χ2n) is 4.82. The van der Waals surface area contributed by atoms with E-state index in [4.69, 9.17) is 9.47 Å². The predicted molar refractivity (Wildman–Crippen MR) is 83.6 cm³/mol. The minimum atomic E-state index is -0.413. The van der Waals surface area contributed by atoms with Gasteiger partial charge in [0, 0.05) is 11.6 Å². The average Bonchev–Trinajstić information content (AvgIpc) is 2.45. The van der Waals surface area contributed by atoms with Crippen molar-refractivity contribution in [1.29, 1.82) is 0 Å². The topological polar surface area (TPSA) is 35.5 Å². The average molecular weight is 282 g/mol. The van der Waals surface area contributed by atoms with Crippen molar-refractivity contribution in [3.05, 3.63) is 65.2 Å². The standard InChI is InChI=1S/C18H18O3/c1-13-5-4-6-16(12-13)21-18(19)10-8-15-11-14(2)7-9-17(15)20-3/h4-12H,1-3H3/b10-8+. The highest BCUT2D eigenvalue weighted by atomic mass is 16.5. The molecule has 0 aliphatic rings. The van der Waals surface area contributed by atoms with Gasteiger partial charge in [0.2, 0.25) is 0 Å². The lowest BCUT2D eigenvalue weighted by molar-refractivity contribution is -0.128. The molecule has 21 heavy (non-hydrogen) atoms.